The lowest BCUT2D eigenvalue weighted by Gasteiger charge is -2.27. The van der Waals surface area contributed by atoms with Gasteiger partial charge in [-0.25, -0.2) is 0 Å². The molecule has 2 heterocycles. The van der Waals surface area contributed by atoms with Crippen molar-refractivity contribution in [3.63, 3.8) is 0 Å². The molecule has 3 atom stereocenters. The van der Waals surface area contributed by atoms with E-state index in [0.29, 0.717) is 13.2 Å². The Morgan fingerprint density at radius 1 is 1.61 bits per heavy atom. The summed E-state index contributed by atoms with van der Waals surface area (Å²) in [4.78, 5) is 16.2. The van der Waals surface area contributed by atoms with E-state index >= 15 is 0 Å². The summed E-state index contributed by atoms with van der Waals surface area (Å²) in [6.07, 6.45) is 3.42. The zero-order chi connectivity index (χ0) is 13.2. The molecule has 0 aromatic carbocycles. The highest BCUT2D eigenvalue weighted by Crippen LogP contribution is 2.28. The standard InChI is InChI=1S/C13H19N3O2/c1-9(10-3-5-15-6-4-10)16-12(17)13(2)8-18-7-11(13)14/h3-6,9,11H,7-8,14H2,1-2H3,(H,16,17). The number of amides is 1. The minimum atomic E-state index is -0.638. The van der Waals surface area contributed by atoms with Gasteiger partial charge in [0, 0.05) is 18.4 Å². The van der Waals surface area contributed by atoms with Crippen LogP contribution in [0, 0.1) is 5.41 Å². The normalized spacial score (nSPS) is 28.9. The Hall–Kier alpha value is -1.46. The number of rotatable bonds is 3. The summed E-state index contributed by atoms with van der Waals surface area (Å²) in [5.74, 6) is -0.0585. The molecule has 98 valence electrons. The third kappa shape index (κ3) is 2.37. The summed E-state index contributed by atoms with van der Waals surface area (Å²) < 4.78 is 5.28. The predicted molar refractivity (Wildman–Crippen MR) is 67.7 cm³/mol. The second-order valence-electron chi connectivity index (χ2n) is 5.01. The molecule has 0 saturated carbocycles. The van der Waals surface area contributed by atoms with E-state index in [9.17, 15) is 4.79 Å². The SMILES string of the molecule is CC(NC(=O)C1(C)COCC1N)c1ccncc1. The van der Waals surface area contributed by atoms with E-state index in [1.54, 1.807) is 12.4 Å². The molecular formula is C13H19N3O2. The molecular weight excluding hydrogens is 230 g/mol. The summed E-state index contributed by atoms with van der Waals surface area (Å²) in [7, 11) is 0. The number of hydrogen-bond donors (Lipinski definition) is 2. The predicted octanol–water partition coefficient (Wildman–Crippen LogP) is 0.623. The van der Waals surface area contributed by atoms with Crippen LogP contribution in [-0.2, 0) is 9.53 Å². The van der Waals surface area contributed by atoms with E-state index in [1.165, 1.54) is 0 Å². The molecule has 1 fully saturated rings. The average Bonchev–Trinajstić information content (AvgIpc) is 2.72. The summed E-state index contributed by atoms with van der Waals surface area (Å²) in [6.45, 7) is 4.60. The smallest absolute Gasteiger partial charge is 0.230 e. The van der Waals surface area contributed by atoms with Gasteiger partial charge in [0.2, 0.25) is 5.91 Å². The molecule has 1 aliphatic rings. The maximum Gasteiger partial charge on any atom is 0.230 e. The largest absolute Gasteiger partial charge is 0.379 e. The van der Waals surface area contributed by atoms with Crippen LogP contribution in [0.5, 0.6) is 0 Å². The van der Waals surface area contributed by atoms with Crippen LogP contribution in [0.4, 0.5) is 0 Å². The Kier molecular flexibility index (Phi) is 3.63. The molecule has 18 heavy (non-hydrogen) atoms. The molecule has 3 N–H and O–H groups in total. The van der Waals surface area contributed by atoms with Gasteiger partial charge < -0.3 is 15.8 Å². The quantitative estimate of drug-likeness (QED) is 0.823. The van der Waals surface area contributed by atoms with Gasteiger partial charge in [0.1, 0.15) is 0 Å². The van der Waals surface area contributed by atoms with Crippen LogP contribution in [0.3, 0.4) is 0 Å². The van der Waals surface area contributed by atoms with Crippen molar-refractivity contribution in [1.29, 1.82) is 0 Å². The van der Waals surface area contributed by atoms with Gasteiger partial charge in [-0.3, -0.25) is 9.78 Å². The molecule has 5 nitrogen and oxygen atoms in total. The number of hydrogen-bond acceptors (Lipinski definition) is 4. The van der Waals surface area contributed by atoms with Gasteiger partial charge >= 0.3 is 0 Å². The number of ether oxygens (including phenoxy) is 1. The number of pyridine rings is 1. The highest BCUT2D eigenvalue weighted by molar-refractivity contribution is 5.84. The first kappa shape index (κ1) is 13.0. The fourth-order valence-corrected chi connectivity index (χ4v) is 2.02. The molecule has 1 aromatic heterocycles. The number of aromatic nitrogens is 1. The van der Waals surface area contributed by atoms with Gasteiger partial charge in [0.25, 0.3) is 0 Å². The Morgan fingerprint density at radius 3 is 2.83 bits per heavy atom. The molecule has 2 rings (SSSR count). The van der Waals surface area contributed by atoms with Gasteiger partial charge in [-0.05, 0) is 31.5 Å². The zero-order valence-corrected chi connectivity index (χ0v) is 10.7. The molecule has 0 spiro atoms. The molecule has 0 radical (unpaired) electrons. The molecule has 1 aromatic rings. The lowest BCUT2D eigenvalue weighted by molar-refractivity contribution is -0.131. The van der Waals surface area contributed by atoms with E-state index in [-0.39, 0.29) is 18.0 Å². The first-order valence-electron chi connectivity index (χ1n) is 6.08. The molecule has 0 bridgehead atoms. The van der Waals surface area contributed by atoms with Crippen LogP contribution >= 0.6 is 0 Å². The minimum absolute atomic E-state index is 0.0585. The monoisotopic (exact) mass is 249 g/mol. The number of nitrogens with two attached hydrogens (primary N) is 1. The Balaban J connectivity index is 2.04. The van der Waals surface area contributed by atoms with Gasteiger partial charge in [-0.2, -0.15) is 0 Å². The van der Waals surface area contributed by atoms with Crippen molar-refractivity contribution in [2.24, 2.45) is 11.1 Å². The molecule has 3 unspecified atom stereocenters. The van der Waals surface area contributed by atoms with Crippen molar-refractivity contribution in [3.05, 3.63) is 30.1 Å². The van der Waals surface area contributed by atoms with Gasteiger partial charge in [-0.15, -0.1) is 0 Å². The van der Waals surface area contributed by atoms with Crippen LogP contribution in [0.2, 0.25) is 0 Å². The summed E-state index contributed by atoms with van der Waals surface area (Å²) >= 11 is 0. The van der Waals surface area contributed by atoms with E-state index in [0.717, 1.165) is 5.56 Å². The maximum atomic E-state index is 12.3. The Morgan fingerprint density at radius 2 is 2.28 bits per heavy atom. The second kappa shape index (κ2) is 5.04. The number of carbonyl (C=O) groups is 1. The van der Waals surface area contributed by atoms with Crippen molar-refractivity contribution in [3.8, 4) is 0 Å². The van der Waals surface area contributed by atoms with Crippen molar-refractivity contribution >= 4 is 5.91 Å². The average molecular weight is 249 g/mol. The fraction of sp³-hybridized carbons (Fsp3) is 0.538. The van der Waals surface area contributed by atoms with Crippen molar-refractivity contribution in [2.45, 2.75) is 25.9 Å². The van der Waals surface area contributed by atoms with Crippen LogP contribution in [0.25, 0.3) is 0 Å². The van der Waals surface area contributed by atoms with Gasteiger partial charge in [-0.1, -0.05) is 0 Å². The van der Waals surface area contributed by atoms with Crippen molar-refractivity contribution in [2.75, 3.05) is 13.2 Å². The fourth-order valence-electron chi connectivity index (χ4n) is 2.02. The molecule has 5 heteroatoms. The van der Waals surface area contributed by atoms with Gasteiger partial charge in [0.05, 0.1) is 24.7 Å². The van der Waals surface area contributed by atoms with Crippen LogP contribution < -0.4 is 11.1 Å². The highest BCUT2D eigenvalue weighted by atomic mass is 16.5. The van der Waals surface area contributed by atoms with Crippen LogP contribution in [0.15, 0.2) is 24.5 Å². The number of nitrogens with one attached hydrogen (secondary N) is 1. The molecule has 0 aliphatic carbocycles. The Labute approximate surface area is 107 Å². The van der Waals surface area contributed by atoms with E-state index in [1.807, 2.05) is 26.0 Å². The second-order valence-corrected chi connectivity index (χ2v) is 5.01. The van der Waals surface area contributed by atoms with E-state index < -0.39 is 5.41 Å². The number of nitrogens with zero attached hydrogens (tertiary/aromatic N) is 1. The van der Waals surface area contributed by atoms with Gasteiger partial charge in [0.15, 0.2) is 0 Å². The maximum absolute atomic E-state index is 12.3. The summed E-state index contributed by atoms with van der Waals surface area (Å²) in [6, 6.07) is 3.46. The lowest BCUT2D eigenvalue weighted by atomic mass is 9.84. The molecule has 1 aliphatic heterocycles. The topological polar surface area (TPSA) is 77.2 Å². The third-order valence-corrected chi connectivity index (χ3v) is 3.59. The third-order valence-electron chi connectivity index (χ3n) is 3.59. The van der Waals surface area contributed by atoms with Crippen molar-refractivity contribution in [1.82, 2.24) is 10.3 Å². The summed E-state index contributed by atoms with van der Waals surface area (Å²) in [5, 5.41) is 2.98. The van der Waals surface area contributed by atoms with Crippen LogP contribution in [-0.4, -0.2) is 30.1 Å². The first-order valence-corrected chi connectivity index (χ1v) is 6.08. The number of carbonyl (C=O) groups excluding carboxylic acids is 1. The first-order chi connectivity index (χ1) is 8.54. The zero-order valence-electron chi connectivity index (χ0n) is 10.7. The Bertz CT molecular complexity index is 424. The lowest BCUT2D eigenvalue weighted by Crippen LogP contribution is -2.50. The van der Waals surface area contributed by atoms with Crippen LogP contribution in [0.1, 0.15) is 25.5 Å². The van der Waals surface area contributed by atoms with E-state index in [4.69, 9.17) is 10.5 Å². The highest BCUT2D eigenvalue weighted by Gasteiger charge is 2.44. The molecule has 1 amide bonds. The van der Waals surface area contributed by atoms with E-state index in [2.05, 4.69) is 10.3 Å². The minimum Gasteiger partial charge on any atom is -0.379 e. The molecule has 1 saturated heterocycles. The van der Waals surface area contributed by atoms with Crippen molar-refractivity contribution < 1.29 is 9.53 Å². The summed E-state index contributed by atoms with van der Waals surface area (Å²) in [5.41, 5.74) is 6.32.